The zero-order chi connectivity index (χ0) is 24.0. The predicted octanol–water partition coefficient (Wildman–Crippen LogP) is 6.00. The second-order valence-electron chi connectivity index (χ2n) is 8.07. The Balaban J connectivity index is 1.69. The summed E-state index contributed by atoms with van der Waals surface area (Å²) in [6.07, 6.45) is 0. The van der Waals surface area contributed by atoms with Gasteiger partial charge in [-0.3, -0.25) is 14.5 Å². The minimum Gasteiger partial charge on any atom is -0.507 e. The minimum atomic E-state index is -0.766. The summed E-state index contributed by atoms with van der Waals surface area (Å²) in [5.41, 5.74) is 3.39. The van der Waals surface area contributed by atoms with Crippen LogP contribution in [0.5, 0.6) is 5.75 Å². The Hall–Kier alpha value is -3.49. The summed E-state index contributed by atoms with van der Waals surface area (Å²) in [4.78, 5) is 33.6. The van der Waals surface area contributed by atoms with Crippen LogP contribution in [0.25, 0.3) is 16.0 Å². The summed E-state index contributed by atoms with van der Waals surface area (Å²) in [6, 6.07) is 13.9. The molecule has 1 unspecified atom stereocenters. The van der Waals surface area contributed by atoms with Gasteiger partial charge in [-0.25, -0.2) is 4.98 Å². The monoisotopic (exact) mass is 490 g/mol. The van der Waals surface area contributed by atoms with Crippen LogP contribution in [0.15, 0.2) is 59.5 Å². The number of hydrogen-bond acceptors (Lipinski definition) is 7. The number of amides is 1. The number of hydrogen-bond donors (Lipinski definition) is 1. The fourth-order valence-electron chi connectivity index (χ4n) is 4.26. The second-order valence-corrected chi connectivity index (χ2v) is 10.1. The molecule has 1 atom stereocenters. The molecule has 0 bridgehead atoms. The van der Waals surface area contributed by atoms with E-state index in [9.17, 15) is 14.7 Å². The number of carbonyl (C=O) groups is 2. The molecule has 0 saturated carbocycles. The third-order valence-electron chi connectivity index (χ3n) is 5.70. The normalized spacial score (nSPS) is 17.6. The van der Waals surface area contributed by atoms with Crippen molar-refractivity contribution in [3.05, 3.63) is 81.1 Å². The number of nitrogens with zero attached hydrogens (tertiary/aromatic N) is 2. The zero-order valence-corrected chi connectivity index (χ0v) is 20.5. The van der Waals surface area contributed by atoms with Crippen LogP contribution < -0.4 is 9.64 Å². The number of ether oxygens (including phenoxy) is 1. The van der Waals surface area contributed by atoms with Crippen molar-refractivity contribution in [1.82, 2.24) is 4.98 Å². The van der Waals surface area contributed by atoms with Crippen LogP contribution in [0.1, 0.15) is 34.5 Å². The lowest BCUT2D eigenvalue weighted by molar-refractivity contribution is -0.132. The maximum absolute atomic E-state index is 13.3. The van der Waals surface area contributed by atoms with Gasteiger partial charge in [0.25, 0.3) is 5.78 Å². The van der Waals surface area contributed by atoms with Crippen LogP contribution in [-0.2, 0) is 9.59 Å². The first kappa shape index (κ1) is 22.3. The van der Waals surface area contributed by atoms with Crippen LogP contribution in [0.4, 0.5) is 5.13 Å². The first-order valence-corrected chi connectivity index (χ1v) is 12.5. The van der Waals surface area contributed by atoms with Crippen molar-refractivity contribution < 1.29 is 19.4 Å². The molecule has 172 valence electrons. The van der Waals surface area contributed by atoms with E-state index < -0.39 is 17.7 Å². The number of thiophene rings is 1. The lowest BCUT2D eigenvalue weighted by Gasteiger charge is -2.21. The number of rotatable bonds is 5. The number of anilines is 1. The largest absolute Gasteiger partial charge is 0.507 e. The Bertz CT molecular complexity index is 1450. The van der Waals surface area contributed by atoms with Gasteiger partial charge in [-0.1, -0.05) is 35.6 Å². The highest BCUT2D eigenvalue weighted by molar-refractivity contribution is 7.22. The van der Waals surface area contributed by atoms with E-state index in [4.69, 9.17) is 9.72 Å². The van der Waals surface area contributed by atoms with E-state index in [2.05, 4.69) is 0 Å². The molecule has 1 fully saturated rings. The van der Waals surface area contributed by atoms with Crippen molar-refractivity contribution in [2.24, 2.45) is 0 Å². The average molecular weight is 491 g/mol. The zero-order valence-electron chi connectivity index (χ0n) is 18.9. The number of aromatic nitrogens is 1. The molecule has 0 radical (unpaired) electrons. The number of ketones is 1. The summed E-state index contributed by atoms with van der Waals surface area (Å²) in [5.74, 6) is -1.08. The van der Waals surface area contributed by atoms with E-state index in [1.165, 1.54) is 27.6 Å². The lowest BCUT2D eigenvalue weighted by Crippen LogP contribution is -2.28. The fourth-order valence-corrected chi connectivity index (χ4v) is 6.26. The van der Waals surface area contributed by atoms with Crippen LogP contribution in [-0.4, -0.2) is 28.4 Å². The third kappa shape index (κ3) is 3.69. The Kier molecular flexibility index (Phi) is 5.71. The van der Waals surface area contributed by atoms with Gasteiger partial charge in [0.1, 0.15) is 17.6 Å². The molecule has 1 aliphatic heterocycles. The number of aliphatic hydroxyl groups excluding tert-OH is 1. The maximum atomic E-state index is 13.3. The quantitative estimate of drug-likeness (QED) is 0.211. The van der Waals surface area contributed by atoms with Crippen LogP contribution in [0, 0.1) is 13.8 Å². The van der Waals surface area contributed by atoms with E-state index in [1.54, 1.807) is 24.3 Å². The fraction of sp³-hybridized carbons (Fsp3) is 0.192. The molecule has 8 heteroatoms. The molecule has 5 rings (SSSR count). The van der Waals surface area contributed by atoms with Crippen molar-refractivity contribution in [3.63, 3.8) is 0 Å². The highest BCUT2D eigenvalue weighted by Crippen LogP contribution is 2.45. The highest BCUT2D eigenvalue weighted by Gasteiger charge is 2.48. The van der Waals surface area contributed by atoms with E-state index in [-0.39, 0.29) is 11.3 Å². The molecule has 6 nitrogen and oxygen atoms in total. The van der Waals surface area contributed by atoms with Gasteiger partial charge in [0.05, 0.1) is 22.4 Å². The second kappa shape index (κ2) is 8.70. The average Bonchev–Trinajstić information content (AvgIpc) is 3.53. The molecule has 34 heavy (non-hydrogen) atoms. The van der Waals surface area contributed by atoms with Crippen LogP contribution in [0.2, 0.25) is 0 Å². The number of fused-ring (bicyclic) bond motifs is 1. The van der Waals surface area contributed by atoms with Crippen molar-refractivity contribution in [2.45, 2.75) is 26.8 Å². The smallest absolute Gasteiger partial charge is 0.301 e. The number of thiazole rings is 1. The number of aryl methyl sites for hydroxylation is 2. The highest BCUT2D eigenvalue weighted by atomic mass is 32.1. The SMILES string of the molecule is CCOc1cccc(/C(O)=C2\C(=O)C(=O)N(c3nc4c(C)cc(C)cc4s3)C2c2cccs2)c1. The standard InChI is InChI=1S/C26H22N2O4S2/c1-4-32-17-8-5-7-16(13-17)23(29)20-22(18-9-6-10-33-18)28(25(31)24(20)30)26-27-21-15(3)11-14(2)12-19(21)34-26/h5-13,22,29H,4H2,1-3H3/b23-20+. The Labute approximate surface area is 204 Å². The van der Waals surface area contributed by atoms with Gasteiger partial charge in [0.2, 0.25) is 0 Å². The minimum absolute atomic E-state index is 0.0493. The van der Waals surface area contributed by atoms with Crippen molar-refractivity contribution in [1.29, 1.82) is 0 Å². The Morgan fingerprint density at radius 2 is 1.97 bits per heavy atom. The van der Waals surface area contributed by atoms with Gasteiger partial charge in [0.15, 0.2) is 5.13 Å². The molecular weight excluding hydrogens is 468 g/mol. The summed E-state index contributed by atoms with van der Waals surface area (Å²) in [5, 5.41) is 13.6. The molecule has 2 aromatic heterocycles. The third-order valence-corrected chi connectivity index (χ3v) is 7.63. The number of benzene rings is 2. The molecule has 4 aromatic rings. The molecular formula is C26H22N2O4S2. The van der Waals surface area contributed by atoms with Crippen molar-refractivity contribution in [3.8, 4) is 5.75 Å². The number of Topliss-reactive ketones (excluding diaryl/α,β-unsaturated/α-hetero) is 1. The first-order chi connectivity index (χ1) is 16.4. The van der Waals surface area contributed by atoms with E-state index in [0.717, 1.165) is 26.2 Å². The molecule has 1 N–H and O–H groups in total. The number of carbonyl (C=O) groups excluding carboxylic acids is 2. The van der Waals surface area contributed by atoms with Gasteiger partial charge in [-0.05, 0) is 61.5 Å². The van der Waals surface area contributed by atoms with Crippen LogP contribution >= 0.6 is 22.7 Å². The summed E-state index contributed by atoms with van der Waals surface area (Å²) >= 11 is 2.79. The molecule has 1 saturated heterocycles. The molecule has 0 aliphatic carbocycles. The van der Waals surface area contributed by atoms with E-state index in [0.29, 0.717) is 23.1 Å². The van der Waals surface area contributed by atoms with Crippen LogP contribution in [0.3, 0.4) is 0 Å². The lowest BCUT2D eigenvalue weighted by atomic mass is 10.00. The topological polar surface area (TPSA) is 79.7 Å². The number of aliphatic hydroxyl groups is 1. The Morgan fingerprint density at radius 3 is 2.71 bits per heavy atom. The van der Waals surface area contributed by atoms with Gasteiger partial charge >= 0.3 is 5.91 Å². The summed E-state index contributed by atoms with van der Waals surface area (Å²) < 4.78 is 6.50. The molecule has 0 spiro atoms. The molecule has 3 heterocycles. The molecule has 2 aromatic carbocycles. The molecule has 1 aliphatic rings. The van der Waals surface area contributed by atoms with E-state index in [1.807, 2.05) is 50.4 Å². The van der Waals surface area contributed by atoms with Crippen molar-refractivity contribution >= 4 is 55.5 Å². The van der Waals surface area contributed by atoms with Gasteiger partial charge < -0.3 is 9.84 Å². The predicted molar refractivity (Wildman–Crippen MR) is 136 cm³/mol. The summed E-state index contributed by atoms with van der Waals surface area (Å²) in [6.45, 7) is 6.34. The van der Waals surface area contributed by atoms with Gasteiger partial charge in [-0.15, -0.1) is 11.3 Å². The van der Waals surface area contributed by atoms with Gasteiger partial charge in [-0.2, -0.15) is 0 Å². The maximum Gasteiger partial charge on any atom is 0.301 e. The molecule has 1 amide bonds. The van der Waals surface area contributed by atoms with E-state index >= 15 is 0 Å². The summed E-state index contributed by atoms with van der Waals surface area (Å²) in [7, 11) is 0. The first-order valence-electron chi connectivity index (χ1n) is 10.8. The van der Waals surface area contributed by atoms with Crippen molar-refractivity contribution in [2.75, 3.05) is 11.5 Å². The Morgan fingerprint density at radius 1 is 1.15 bits per heavy atom. The van der Waals surface area contributed by atoms with Gasteiger partial charge in [0, 0.05) is 10.4 Å².